The van der Waals surface area contributed by atoms with E-state index in [1.165, 1.54) is 16.5 Å². The first kappa shape index (κ1) is 17.9. The zero-order valence-electron chi connectivity index (χ0n) is 14.9. The second kappa shape index (κ2) is 7.54. The van der Waals surface area contributed by atoms with Crippen LogP contribution in [0.4, 0.5) is 0 Å². The van der Waals surface area contributed by atoms with Gasteiger partial charge in [-0.05, 0) is 66.1 Å². The third kappa shape index (κ3) is 3.55. The molecule has 4 heteroatoms. The minimum Gasteiger partial charge on any atom is -0.309 e. The van der Waals surface area contributed by atoms with Gasteiger partial charge >= 0.3 is 0 Å². The van der Waals surface area contributed by atoms with Crippen molar-refractivity contribution in [1.82, 2.24) is 9.47 Å². The van der Waals surface area contributed by atoms with Crippen molar-refractivity contribution >= 4 is 32.7 Å². The molecule has 0 aliphatic rings. The van der Waals surface area contributed by atoms with Crippen LogP contribution >= 0.6 is 15.9 Å². The molecule has 0 spiro atoms. The number of likely N-dealkylation sites (N-methyl/N-ethyl adjacent to an activating group) is 1. The molecule has 0 aliphatic heterocycles. The van der Waals surface area contributed by atoms with E-state index in [9.17, 15) is 4.79 Å². The van der Waals surface area contributed by atoms with Gasteiger partial charge in [0.15, 0.2) is 0 Å². The summed E-state index contributed by atoms with van der Waals surface area (Å²) in [4.78, 5) is 15.4. The summed E-state index contributed by atoms with van der Waals surface area (Å²) < 4.78 is 2.66. The van der Waals surface area contributed by atoms with Crippen molar-refractivity contribution in [3.63, 3.8) is 0 Å². The lowest BCUT2D eigenvalue weighted by Gasteiger charge is -2.09. The molecule has 0 unspecified atom stereocenters. The molecule has 25 heavy (non-hydrogen) atoms. The van der Waals surface area contributed by atoms with Gasteiger partial charge in [-0.2, -0.15) is 0 Å². The number of carbonyl (C=O) groups excluding carboxylic acids is 1. The molecule has 130 valence electrons. The van der Waals surface area contributed by atoms with Gasteiger partial charge in [0.2, 0.25) is 0 Å². The number of nitrogens with zero attached hydrogens (tertiary/aromatic N) is 2. The van der Waals surface area contributed by atoms with E-state index in [2.05, 4.69) is 60.0 Å². The van der Waals surface area contributed by atoms with E-state index >= 15 is 0 Å². The molecule has 3 aromatic rings. The van der Waals surface area contributed by atoms with Gasteiger partial charge in [0, 0.05) is 22.6 Å². The van der Waals surface area contributed by atoms with Crippen LogP contribution in [0, 0.1) is 0 Å². The number of aryl methyl sites for hydroxylation is 1. The van der Waals surface area contributed by atoms with Crippen LogP contribution in [-0.2, 0) is 12.8 Å². The fraction of sp³-hybridized carbons (Fsp3) is 0.286. The quantitative estimate of drug-likeness (QED) is 0.618. The average molecular weight is 399 g/mol. The number of halogens is 1. The smallest absolute Gasteiger partial charge is 0.263 e. The fourth-order valence-corrected chi connectivity index (χ4v) is 3.63. The molecule has 2 aromatic carbocycles. The maximum Gasteiger partial charge on any atom is 0.263 e. The van der Waals surface area contributed by atoms with Gasteiger partial charge in [-0.1, -0.05) is 37.3 Å². The fourth-order valence-electron chi connectivity index (χ4n) is 3.18. The van der Waals surface area contributed by atoms with Crippen LogP contribution in [0.15, 0.2) is 53.1 Å². The number of rotatable bonds is 5. The van der Waals surface area contributed by atoms with Crippen molar-refractivity contribution in [3.05, 3.63) is 69.8 Å². The van der Waals surface area contributed by atoms with Crippen molar-refractivity contribution in [3.8, 4) is 0 Å². The van der Waals surface area contributed by atoms with Crippen LogP contribution in [0.1, 0.15) is 28.4 Å². The van der Waals surface area contributed by atoms with Crippen LogP contribution in [0.3, 0.4) is 0 Å². The first-order chi connectivity index (χ1) is 12.0. The van der Waals surface area contributed by atoms with Gasteiger partial charge in [0.25, 0.3) is 5.91 Å². The van der Waals surface area contributed by atoms with Gasteiger partial charge < -0.3 is 4.90 Å². The number of hydrogen-bond acceptors (Lipinski definition) is 2. The minimum absolute atomic E-state index is 0.00878. The van der Waals surface area contributed by atoms with Crippen molar-refractivity contribution in [2.75, 3.05) is 20.6 Å². The normalized spacial score (nSPS) is 11.4. The molecule has 3 nitrogen and oxygen atoms in total. The molecule has 0 atom stereocenters. The van der Waals surface area contributed by atoms with Crippen LogP contribution in [-0.4, -0.2) is 36.0 Å². The third-order valence-corrected chi connectivity index (χ3v) is 5.22. The molecule has 0 saturated carbocycles. The Labute approximate surface area is 157 Å². The van der Waals surface area contributed by atoms with E-state index in [4.69, 9.17) is 0 Å². The molecule has 0 N–H and O–H groups in total. The highest BCUT2D eigenvalue weighted by Crippen LogP contribution is 2.28. The van der Waals surface area contributed by atoms with Gasteiger partial charge in [-0.25, -0.2) is 0 Å². The Hall–Kier alpha value is -1.91. The largest absolute Gasteiger partial charge is 0.309 e. The average Bonchev–Trinajstić information content (AvgIpc) is 2.98. The molecular formula is C21H23BrN2O. The summed E-state index contributed by atoms with van der Waals surface area (Å²) >= 11 is 3.51. The lowest BCUT2D eigenvalue weighted by atomic mass is 10.1. The van der Waals surface area contributed by atoms with Crippen LogP contribution in [0.25, 0.3) is 10.9 Å². The summed E-state index contributed by atoms with van der Waals surface area (Å²) in [6.07, 6.45) is 3.85. The molecule has 0 bridgehead atoms. The molecular weight excluding hydrogens is 376 g/mol. The van der Waals surface area contributed by atoms with E-state index in [-0.39, 0.29) is 5.91 Å². The second-order valence-corrected chi connectivity index (χ2v) is 7.38. The van der Waals surface area contributed by atoms with Crippen LogP contribution in [0.2, 0.25) is 0 Å². The molecule has 3 rings (SSSR count). The Balaban J connectivity index is 2.17. The molecule has 1 aromatic heterocycles. The lowest BCUT2D eigenvalue weighted by molar-refractivity contribution is 0.0964. The van der Waals surface area contributed by atoms with Crippen molar-refractivity contribution < 1.29 is 4.79 Å². The highest BCUT2D eigenvalue weighted by Gasteiger charge is 2.18. The summed E-state index contributed by atoms with van der Waals surface area (Å²) in [5, 5.41) is 1.18. The van der Waals surface area contributed by atoms with Gasteiger partial charge in [-0.3, -0.25) is 9.36 Å². The van der Waals surface area contributed by atoms with E-state index in [1.54, 1.807) is 0 Å². The summed E-state index contributed by atoms with van der Waals surface area (Å²) in [5.74, 6) is 0.00878. The third-order valence-electron chi connectivity index (χ3n) is 4.52. The molecule has 0 radical (unpaired) electrons. The highest BCUT2D eigenvalue weighted by molar-refractivity contribution is 9.10. The number of carbonyl (C=O) groups is 1. The number of fused-ring (bicyclic) bond motifs is 1. The Kier molecular flexibility index (Phi) is 5.40. The van der Waals surface area contributed by atoms with Gasteiger partial charge in [-0.15, -0.1) is 0 Å². The zero-order valence-corrected chi connectivity index (χ0v) is 16.5. The van der Waals surface area contributed by atoms with E-state index in [0.717, 1.165) is 29.4 Å². The molecule has 1 heterocycles. The minimum atomic E-state index is 0.00878. The number of aromatic nitrogens is 1. The lowest BCUT2D eigenvalue weighted by Crippen LogP contribution is -2.15. The number of hydrogen-bond donors (Lipinski definition) is 0. The molecule has 0 saturated heterocycles. The summed E-state index contributed by atoms with van der Waals surface area (Å²) in [6.45, 7) is 3.09. The Morgan fingerprint density at radius 3 is 2.52 bits per heavy atom. The van der Waals surface area contributed by atoms with E-state index < -0.39 is 0 Å². The first-order valence-electron chi connectivity index (χ1n) is 8.58. The van der Waals surface area contributed by atoms with E-state index in [0.29, 0.717) is 5.56 Å². The van der Waals surface area contributed by atoms with Crippen LogP contribution in [0.5, 0.6) is 0 Å². The topological polar surface area (TPSA) is 25.2 Å². The Morgan fingerprint density at radius 1 is 1.08 bits per heavy atom. The van der Waals surface area contributed by atoms with Crippen molar-refractivity contribution in [2.24, 2.45) is 0 Å². The first-order valence-corrected chi connectivity index (χ1v) is 9.38. The second-order valence-electron chi connectivity index (χ2n) is 6.53. The maximum absolute atomic E-state index is 13.2. The molecule has 0 aliphatic carbocycles. The zero-order chi connectivity index (χ0) is 18.0. The molecule has 0 fully saturated rings. The monoisotopic (exact) mass is 398 g/mol. The predicted octanol–water partition coefficient (Wildman–Crippen LogP) is 4.76. The number of benzene rings is 2. The summed E-state index contributed by atoms with van der Waals surface area (Å²) in [6, 6.07) is 13.9. The van der Waals surface area contributed by atoms with Crippen molar-refractivity contribution in [1.29, 1.82) is 0 Å². The number of para-hydroxylation sites is 1. The predicted molar refractivity (Wildman–Crippen MR) is 107 cm³/mol. The SMILES string of the molecule is CCc1cccc2c(CCN(C)C)cn(C(=O)c3ccccc3Br)c12. The summed E-state index contributed by atoms with van der Waals surface area (Å²) in [5.41, 5.74) is 4.15. The van der Waals surface area contributed by atoms with Gasteiger partial charge in [0.05, 0.1) is 11.1 Å². The standard InChI is InChI=1S/C21H23BrN2O/c1-4-15-8-7-10-17-16(12-13-23(2)3)14-24(20(15)17)21(25)18-9-5-6-11-19(18)22/h5-11,14H,4,12-13H2,1-3H3. The maximum atomic E-state index is 13.2. The summed E-state index contributed by atoms with van der Waals surface area (Å²) in [7, 11) is 4.14. The Bertz CT molecular complexity index is 911. The van der Waals surface area contributed by atoms with Crippen molar-refractivity contribution in [2.45, 2.75) is 19.8 Å². The Morgan fingerprint density at radius 2 is 1.84 bits per heavy atom. The van der Waals surface area contributed by atoms with Gasteiger partial charge in [0.1, 0.15) is 0 Å². The van der Waals surface area contributed by atoms with Crippen LogP contribution < -0.4 is 0 Å². The van der Waals surface area contributed by atoms with E-state index in [1.807, 2.05) is 35.0 Å². The molecule has 0 amide bonds. The highest BCUT2D eigenvalue weighted by atomic mass is 79.9.